The van der Waals surface area contributed by atoms with Gasteiger partial charge >= 0.3 is 5.97 Å². The van der Waals surface area contributed by atoms with Crippen LogP contribution in [0.25, 0.3) is 10.2 Å². The average molecular weight is 579 g/mol. The molecule has 12 nitrogen and oxygen atoms in total. The number of carbonyl (C=O) groups is 3. The highest BCUT2D eigenvalue weighted by Gasteiger charge is 2.54. The number of rotatable bonds is 8. The molecule has 0 saturated carbocycles. The number of hydrogen-bond acceptors (Lipinski definition) is 12. The maximum absolute atomic E-state index is 13.1. The highest BCUT2D eigenvalue weighted by molar-refractivity contribution is 8.00. The molecule has 1 fully saturated rings. The van der Waals surface area contributed by atoms with Crippen molar-refractivity contribution < 1.29 is 28.9 Å². The lowest BCUT2D eigenvalue weighted by Gasteiger charge is -2.49. The van der Waals surface area contributed by atoms with E-state index in [4.69, 9.17) is 10.6 Å². The number of amides is 2. The fourth-order valence-electron chi connectivity index (χ4n) is 4.01. The Balaban J connectivity index is 1.35. The molecule has 192 valence electrons. The molecule has 2 aliphatic rings. The Labute approximate surface area is 226 Å². The Kier molecular flexibility index (Phi) is 7.06. The van der Waals surface area contributed by atoms with Gasteiger partial charge in [0.05, 0.1) is 4.70 Å². The van der Waals surface area contributed by atoms with Crippen LogP contribution in [0, 0.1) is 0 Å². The summed E-state index contributed by atoms with van der Waals surface area (Å²) in [6.07, 6.45) is 5.71. The number of pyridine rings is 1. The molecule has 2 aliphatic heterocycles. The summed E-state index contributed by atoms with van der Waals surface area (Å²) < 4.78 is 3.85. The second-order valence-electron chi connectivity index (χ2n) is 7.86. The predicted molar refractivity (Wildman–Crippen MR) is 141 cm³/mol. The zero-order chi connectivity index (χ0) is 26.3. The smallest absolute Gasteiger partial charge is 0.352 e. The lowest BCUT2D eigenvalue weighted by molar-refractivity contribution is -0.687. The van der Waals surface area contributed by atoms with Crippen LogP contribution in [0.5, 0.6) is 0 Å². The molecule has 3 aromatic heterocycles. The van der Waals surface area contributed by atoms with Crippen molar-refractivity contribution in [2.24, 2.45) is 5.16 Å². The number of β-lactam (4-membered cyclic amide) rings is 1. The first-order chi connectivity index (χ1) is 17.8. The number of nitrogens with two attached hydrogens (primary N) is 1. The number of nitrogens with one attached hydrogen (secondary N) is 1. The summed E-state index contributed by atoms with van der Waals surface area (Å²) in [7, 11) is 1.29. The van der Waals surface area contributed by atoms with E-state index in [0.29, 0.717) is 17.9 Å². The predicted octanol–water partition coefficient (Wildman–Crippen LogP) is 1.13. The molecule has 4 N–H and O–H groups in total. The molecular weight excluding hydrogens is 559 g/mol. The van der Waals surface area contributed by atoms with Crippen LogP contribution in [0.2, 0.25) is 0 Å². The highest BCUT2D eigenvalue weighted by Crippen LogP contribution is 2.40. The Bertz CT molecular complexity index is 1480. The number of nitrogen functional groups attached to an aromatic ring is 1. The molecule has 0 aliphatic carbocycles. The van der Waals surface area contributed by atoms with Gasteiger partial charge in [-0.05, 0) is 6.26 Å². The van der Waals surface area contributed by atoms with Crippen molar-refractivity contribution in [3.05, 3.63) is 40.8 Å². The topological polar surface area (TPSA) is 164 Å². The third-order valence-electron chi connectivity index (χ3n) is 5.61. The first kappa shape index (κ1) is 25.4. The second kappa shape index (κ2) is 10.3. The number of carboxylic acids is 1. The molecule has 0 radical (unpaired) electrons. The van der Waals surface area contributed by atoms with Gasteiger partial charge in [0.2, 0.25) is 0 Å². The zero-order valence-corrected chi connectivity index (χ0v) is 22.7. The standard InChI is InChI=1S/C21H19N7O5S4/c1-33-26-13(11-8-36-20(22)23-11)16(29)25-14-17(30)28-15(19(31)32)9(7-35-18(14)28)5-27-4-3-12-10(6-27)24-21(34-2)37-12/h3-4,6,8,14,18H,5,7H2,1-2H3,(H3-,22,23,25,29,31,32)/p+1/t14?,18-/m0/s1. The number of aliphatic carboxylic acids is 1. The van der Waals surface area contributed by atoms with E-state index in [1.54, 1.807) is 28.5 Å². The zero-order valence-electron chi connectivity index (χ0n) is 19.4. The molecule has 1 unspecified atom stereocenters. The van der Waals surface area contributed by atoms with E-state index in [1.165, 1.54) is 23.8 Å². The summed E-state index contributed by atoms with van der Waals surface area (Å²) in [6, 6.07) is 1.03. The van der Waals surface area contributed by atoms with E-state index < -0.39 is 29.2 Å². The van der Waals surface area contributed by atoms with Crippen LogP contribution in [-0.4, -0.2) is 74.0 Å². The fraction of sp³-hybridized carbons (Fsp3) is 0.286. The lowest BCUT2D eigenvalue weighted by Crippen LogP contribution is -2.71. The Hall–Kier alpha value is -3.21. The van der Waals surface area contributed by atoms with Gasteiger partial charge in [0.25, 0.3) is 11.8 Å². The number of nitrogens with zero attached hydrogens (tertiary/aromatic N) is 5. The normalized spacial score (nSPS) is 19.6. The van der Waals surface area contributed by atoms with Gasteiger partial charge < -0.3 is 21.0 Å². The SMILES string of the molecule is CON=C(C(=O)NC1C(=O)N2C(C(=O)O)=C(C[n+]3ccc4sc(SC)nc4c3)CS[C@@H]12)c1csc(N)n1. The Morgan fingerprint density at radius 2 is 2.24 bits per heavy atom. The van der Waals surface area contributed by atoms with E-state index in [2.05, 4.69) is 20.4 Å². The molecule has 5 rings (SSSR count). The van der Waals surface area contributed by atoms with E-state index in [-0.39, 0.29) is 22.2 Å². The number of oxime groups is 1. The number of fused-ring (bicyclic) bond motifs is 2. The van der Waals surface area contributed by atoms with E-state index >= 15 is 0 Å². The van der Waals surface area contributed by atoms with Gasteiger partial charge in [0, 0.05) is 22.8 Å². The first-order valence-corrected chi connectivity index (χ1v) is 14.6. The molecule has 16 heteroatoms. The number of anilines is 1. The van der Waals surface area contributed by atoms with Gasteiger partial charge in [-0.3, -0.25) is 14.5 Å². The van der Waals surface area contributed by atoms with Crippen molar-refractivity contribution in [3.8, 4) is 0 Å². The van der Waals surface area contributed by atoms with E-state index in [1.807, 2.05) is 29.3 Å². The molecule has 2 atom stereocenters. The molecule has 3 aromatic rings. The first-order valence-electron chi connectivity index (χ1n) is 10.7. The van der Waals surface area contributed by atoms with Crippen molar-refractivity contribution in [1.82, 2.24) is 20.2 Å². The number of aromatic nitrogens is 3. The number of carbonyl (C=O) groups excluding carboxylic acids is 2. The van der Waals surface area contributed by atoms with Gasteiger partial charge in [-0.15, -0.1) is 34.4 Å². The number of thioether (sulfide) groups is 2. The number of carboxylic acid groups (broad SMARTS) is 1. The van der Waals surface area contributed by atoms with Crippen LogP contribution >= 0.6 is 46.2 Å². The summed E-state index contributed by atoms with van der Waals surface area (Å²) in [5.41, 5.74) is 7.10. The molecule has 0 spiro atoms. The van der Waals surface area contributed by atoms with Crippen molar-refractivity contribution in [3.63, 3.8) is 0 Å². The minimum atomic E-state index is -1.20. The van der Waals surface area contributed by atoms with Crippen LogP contribution in [0.3, 0.4) is 0 Å². The Morgan fingerprint density at radius 3 is 2.92 bits per heavy atom. The van der Waals surface area contributed by atoms with Crippen LogP contribution in [0.4, 0.5) is 5.13 Å². The maximum atomic E-state index is 13.1. The summed E-state index contributed by atoms with van der Waals surface area (Å²) in [5.74, 6) is -2.01. The summed E-state index contributed by atoms with van der Waals surface area (Å²) in [4.78, 5) is 52.8. The summed E-state index contributed by atoms with van der Waals surface area (Å²) >= 11 is 5.68. The van der Waals surface area contributed by atoms with Gasteiger partial charge in [-0.1, -0.05) is 16.9 Å². The van der Waals surface area contributed by atoms with Crippen molar-refractivity contribution in [2.45, 2.75) is 22.3 Å². The molecule has 1 saturated heterocycles. The molecule has 37 heavy (non-hydrogen) atoms. The molecule has 5 heterocycles. The van der Waals surface area contributed by atoms with E-state index in [0.717, 1.165) is 25.9 Å². The maximum Gasteiger partial charge on any atom is 0.352 e. The lowest BCUT2D eigenvalue weighted by atomic mass is 10.0. The van der Waals surface area contributed by atoms with Gasteiger partial charge in [-0.2, -0.15) is 4.57 Å². The third-order valence-corrected chi connectivity index (χ3v) is 9.65. The van der Waals surface area contributed by atoms with Crippen LogP contribution in [0.15, 0.2) is 44.6 Å². The molecule has 0 aromatic carbocycles. The fourth-order valence-corrected chi connectivity index (χ4v) is 7.35. The quantitative estimate of drug-likeness (QED) is 0.116. The minimum absolute atomic E-state index is 0.0621. The van der Waals surface area contributed by atoms with Crippen molar-refractivity contribution >= 4 is 85.0 Å². The number of hydrogen-bond donors (Lipinski definition) is 3. The molecule has 2 amide bonds. The summed E-state index contributed by atoms with van der Waals surface area (Å²) in [6.45, 7) is 0.292. The monoisotopic (exact) mass is 578 g/mol. The molecular formula is C21H20N7O5S4+. The second-order valence-corrected chi connectivity index (χ2v) is 11.9. The van der Waals surface area contributed by atoms with Gasteiger partial charge in [0.15, 0.2) is 34.1 Å². The van der Waals surface area contributed by atoms with E-state index in [9.17, 15) is 19.5 Å². The van der Waals surface area contributed by atoms with Gasteiger partial charge in [0.1, 0.15) is 35.4 Å². The molecule has 0 bridgehead atoms. The van der Waals surface area contributed by atoms with Crippen molar-refractivity contribution in [1.29, 1.82) is 0 Å². The largest absolute Gasteiger partial charge is 0.477 e. The van der Waals surface area contributed by atoms with Gasteiger partial charge in [-0.25, -0.2) is 14.8 Å². The van der Waals surface area contributed by atoms with Crippen LogP contribution in [0.1, 0.15) is 5.69 Å². The average Bonchev–Trinajstić information content (AvgIpc) is 3.50. The third kappa shape index (κ3) is 4.76. The van der Waals surface area contributed by atoms with Crippen LogP contribution < -0.4 is 15.6 Å². The summed E-state index contributed by atoms with van der Waals surface area (Å²) in [5, 5.41) is 17.6. The highest BCUT2D eigenvalue weighted by atomic mass is 32.2. The minimum Gasteiger partial charge on any atom is -0.477 e. The van der Waals surface area contributed by atoms with Crippen LogP contribution in [-0.2, 0) is 25.8 Å². The Morgan fingerprint density at radius 1 is 1.43 bits per heavy atom. The van der Waals surface area contributed by atoms with Crippen molar-refractivity contribution in [2.75, 3.05) is 24.9 Å². The number of thiazole rings is 2.